The van der Waals surface area contributed by atoms with Crippen LogP contribution < -0.4 is 5.32 Å². The molecule has 1 aliphatic rings. The normalized spacial score (nSPS) is 14.1. The Bertz CT molecular complexity index is 1010. The number of benzene rings is 2. The first-order valence-electron chi connectivity index (χ1n) is 9.82. The Morgan fingerprint density at radius 3 is 2.79 bits per heavy atom. The number of hydrogen-bond donors (Lipinski definition) is 1. The Morgan fingerprint density at radius 2 is 2.00 bits per heavy atom. The minimum atomic E-state index is 0.0230. The molecule has 0 spiro atoms. The molecule has 1 fully saturated rings. The van der Waals surface area contributed by atoms with E-state index in [4.69, 9.17) is 16.1 Å². The van der Waals surface area contributed by atoms with E-state index in [0.717, 1.165) is 37.1 Å². The van der Waals surface area contributed by atoms with Crippen LogP contribution in [0.1, 0.15) is 41.1 Å². The molecule has 4 rings (SSSR count). The van der Waals surface area contributed by atoms with Crippen LogP contribution in [0, 0.1) is 6.92 Å². The molecule has 3 aromatic rings. The van der Waals surface area contributed by atoms with Crippen LogP contribution in [0.4, 0.5) is 5.69 Å². The third kappa shape index (κ3) is 4.59. The first kappa shape index (κ1) is 19.5. The van der Waals surface area contributed by atoms with E-state index in [-0.39, 0.29) is 5.91 Å². The molecular weight excluding hydrogens is 388 g/mol. The fourth-order valence-corrected chi connectivity index (χ4v) is 3.69. The monoisotopic (exact) mass is 410 g/mol. The molecule has 0 atom stereocenters. The molecule has 1 saturated heterocycles. The highest BCUT2D eigenvalue weighted by Gasteiger charge is 2.21. The third-order valence-electron chi connectivity index (χ3n) is 5.03. The van der Waals surface area contributed by atoms with E-state index >= 15 is 0 Å². The van der Waals surface area contributed by atoms with Crippen molar-refractivity contribution in [1.29, 1.82) is 0 Å². The van der Waals surface area contributed by atoms with Gasteiger partial charge in [-0.15, -0.1) is 0 Å². The van der Waals surface area contributed by atoms with Crippen molar-refractivity contribution < 1.29 is 9.32 Å². The lowest BCUT2D eigenvalue weighted by molar-refractivity contribution is 0.0725. The average molecular weight is 411 g/mol. The second-order valence-corrected chi connectivity index (χ2v) is 7.71. The molecule has 150 valence electrons. The standard InChI is InChI=1S/C22H23ClN4O2/c1-15-6-5-7-16(12-15)21-25-20(29-26-21)14-24-19-13-17(23)8-9-18(19)22(28)27-10-3-2-4-11-27/h5-9,12-13,24H,2-4,10-11,14H2,1H3. The quantitative estimate of drug-likeness (QED) is 0.645. The number of rotatable bonds is 5. The lowest BCUT2D eigenvalue weighted by atomic mass is 10.1. The van der Waals surface area contributed by atoms with Crippen molar-refractivity contribution in [3.05, 3.63) is 64.5 Å². The molecule has 2 aromatic carbocycles. The molecule has 0 saturated carbocycles. The lowest BCUT2D eigenvalue weighted by Gasteiger charge is -2.27. The molecule has 1 amide bonds. The Morgan fingerprint density at radius 1 is 1.17 bits per heavy atom. The summed E-state index contributed by atoms with van der Waals surface area (Å²) in [5.74, 6) is 1.01. The van der Waals surface area contributed by atoms with Gasteiger partial charge in [-0.1, -0.05) is 40.5 Å². The minimum absolute atomic E-state index is 0.0230. The molecule has 29 heavy (non-hydrogen) atoms. The van der Waals surface area contributed by atoms with Crippen LogP contribution in [-0.2, 0) is 6.54 Å². The second-order valence-electron chi connectivity index (χ2n) is 7.28. The molecule has 6 nitrogen and oxygen atoms in total. The van der Waals surface area contributed by atoms with Crippen molar-refractivity contribution in [2.24, 2.45) is 0 Å². The van der Waals surface area contributed by atoms with E-state index < -0.39 is 0 Å². The third-order valence-corrected chi connectivity index (χ3v) is 5.26. The summed E-state index contributed by atoms with van der Waals surface area (Å²) < 4.78 is 5.38. The van der Waals surface area contributed by atoms with Crippen molar-refractivity contribution in [1.82, 2.24) is 15.0 Å². The predicted octanol–water partition coefficient (Wildman–Crippen LogP) is 4.94. The van der Waals surface area contributed by atoms with Gasteiger partial charge in [-0.3, -0.25) is 4.79 Å². The Kier molecular flexibility index (Phi) is 5.81. The number of carbonyl (C=O) groups excluding carboxylic acids is 1. The van der Waals surface area contributed by atoms with Gasteiger partial charge in [-0.05, 0) is 50.5 Å². The van der Waals surface area contributed by atoms with E-state index in [9.17, 15) is 4.79 Å². The van der Waals surface area contributed by atoms with E-state index in [1.54, 1.807) is 18.2 Å². The number of hydrogen-bond acceptors (Lipinski definition) is 5. The van der Waals surface area contributed by atoms with Crippen molar-refractivity contribution in [3.8, 4) is 11.4 Å². The number of nitrogens with one attached hydrogen (secondary N) is 1. The van der Waals surface area contributed by atoms with Crippen LogP contribution in [0.25, 0.3) is 11.4 Å². The summed E-state index contributed by atoms with van der Waals surface area (Å²) in [7, 11) is 0. The fraction of sp³-hybridized carbons (Fsp3) is 0.318. The number of aromatic nitrogens is 2. The van der Waals surface area contributed by atoms with Gasteiger partial charge in [0.15, 0.2) is 0 Å². The number of carbonyl (C=O) groups is 1. The van der Waals surface area contributed by atoms with Gasteiger partial charge in [0.25, 0.3) is 5.91 Å². The van der Waals surface area contributed by atoms with Gasteiger partial charge in [0.05, 0.1) is 12.1 Å². The van der Waals surface area contributed by atoms with Gasteiger partial charge < -0.3 is 14.7 Å². The van der Waals surface area contributed by atoms with E-state index in [1.165, 1.54) is 6.42 Å². The smallest absolute Gasteiger partial charge is 0.255 e. The molecule has 0 bridgehead atoms. The molecule has 1 aromatic heterocycles. The molecule has 1 aliphatic heterocycles. The van der Waals surface area contributed by atoms with Crippen LogP contribution in [-0.4, -0.2) is 34.0 Å². The number of likely N-dealkylation sites (tertiary alicyclic amines) is 1. The van der Waals surface area contributed by atoms with Gasteiger partial charge >= 0.3 is 0 Å². The van der Waals surface area contributed by atoms with Crippen LogP contribution in [0.15, 0.2) is 47.0 Å². The van der Waals surface area contributed by atoms with Gasteiger partial charge in [0.1, 0.15) is 0 Å². The van der Waals surface area contributed by atoms with E-state index in [0.29, 0.717) is 34.5 Å². The summed E-state index contributed by atoms with van der Waals surface area (Å²) in [6.07, 6.45) is 3.27. The minimum Gasteiger partial charge on any atom is -0.375 e. The lowest BCUT2D eigenvalue weighted by Crippen LogP contribution is -2.36. The first-order chi connectivity index (χ1) is 14.1. The highest BCUT2D eigenvalue weighted by Crippen LogP contribution is 2.25. The average Bonchev–Trinajstić information content (AvgIpc) is 3.22. The van der Waals surface area contributed by atoms with Gasteiger partial charge in [0, 0.05) is 29.4 Å². The second kappa shape index (κ2) is 8.66. The molecule has 0 unspecified atom stereocenters. The maximum absolute atomic E-state index is 13.0. The summed E-state index contributed by atoms with van der Waals surface area (Å²) in [4.78, 5) is 19.3. The number of halogens is 1. The summed E-state index contributed by atoms with van der Waals surface area (Å²) in [5, 5.41) is 7.86. The predicted molar refractivity (Wildman–Crippen MR) is 113 cm³/mol. The van der Waals surface area contributed by atoms with Gasteiger partial charge in [-0.2, -0.15) is 4.98 Å². The van der Waals surface area contributed by atoms with E-state index in [2.05, 4.69) is 15.5 Å². The van der Waals surface area contributed by atoms with Crippen molar-refractivity contribution in [3.63, 3.8) is 0 Å². The number of anilines is 1. The van der Waals surface area contributed by atoms with Crippen LogP contribution in [0.2, 0.25) is 5.02 Å². The zero-order valence-electron chi connectivity index (χ0n) is 16.3. The van der Waals surface area contributed by atoms with Crippen molar-refractivity contribution in [2.75, 3.05) is 18.4 Å². The summed E-state index contributed by atoms with van der Waals surface area (Å²) in [5.41, 5.74) is 3.31. The summed E-state index contributed by atoms with van der Waals surface area (Å²) in [6.45, 7) is 3.92. The summed E-state index contributed by atoms with van der Waals surface area (Å²) >= 11 is 6.17. The van der Waals surface area contributed by atoms with E-state index in [1.807, 2.05) is 36.1 Å². The maximum Gasteiger partial charge on any atom is 0.255 e. The molecule has 1 N–H and O–H groups in total. The Labute approximate surface area is 174 Å². The Balaban J connectivity index is 1.50. The van der Waals surface area contributed by atoms with Crippen molar-refractivity contribution >= 4 is 23.2 Å². The van der Waals surface area contributed by atoms with Crippen LogP contribution >= 0.6 is 11.6 Å². The molecule has 0 radical (unpaired) electrons. The number of nitrogens with zero attached hydrogens (tertiary/aromatic N) is 3. The first-order valence-corrected chi connectivity index (χ1v) is 10.2. The molecule has 0 aliphatic carbocycles. The SMILES string of the molecule is Cc1cccc(-c2noc(CNc3cc(Cl)ccc3C(=O)N3CCCCC3)n2)c1. The van der Waals surface area contributed by atoms with Crippen LogP contribution in [0.3, 0.4) is 0 Å². The zero-order chi connectivity index (χ0) is 20.2. The maximum atomic E-state index is 13.0. The van der Waals surface area contributed by atoms with Crippen molar-refractivity contribution in [2.45, 2.75) is 32.7 Å². The number of aryl methyl sites for hydroxylation is 1. The highest BCUT2D eigenvalue weighted by atomic mass is 35.5. The highest BCUT2D eigenvalue weighted by molar-refractivity contribution is 6.31. The zero-order valence-corrected chi connectivity index (χ0v) is 17.1. The summed E-state index contributed by atoms with van der Waals surface area (Å²) in [6, 6.07) is 13.2. The van der Waals surface area contributed by atoms with Gasteiger partial charge in [-0.25, -0.2) is 0 Å². The number of amides is 1. The molecular formula is C22H23ClN4O2. The van der Waals surface area contributed by atoms with Gasteiger partial charge in [0.2, 0.25) is 11.7 Å². The molecule has 7 heteroatoms. The fourth-order valence-electron chi connectivity index (χ4n) is 3.52. The Hall–Kier alpha value is -2.86. The number of piperidine rings is 1. The molecule has 2 heterocycles. The topological polar surface area (TPSA) is 71.3 Å². The van der Waals surface area contributed by atoms with Crippen LogP contribution in [0.5, 0.6) is 0 Å². The largest absolute Gasteiger partial charge is 0.375 e.